The van der Waals surface area contributed by atoms with E-state index in [0.717, 1.165) is 9.77 Å². The highest BCUT2D eigenvalue weighted by molar-refractivity contribution is 8.00. The molecule has 2 heterocycles. The average Bonchev–Trinajstić information content (AvgIpc) is 2.92. The summed E-state index contributed by atoms with van der Waals surface area (Å²) in [5.74, 6) is -0.121. The standard InChI is InChI=1S/C16H15ClN2O2S2/c1-9-15(20)18-12-7-10(3-5-13(12)22-9)16(21)19(2)8-11-4-6-14(17)23-11/h3-7,9H,8H2,1-2H3,(H,18,20)/t9-/m1/s1. The molecular formula is C16H15ClN2O2S2. The van der Waals surface area contributed by atoms with Gasteiger partial charge in [0.25, 0.3) is 5.91 Å². The lowest BCUT2D eigenvalue weighted by Gasteiger charge is -2.23. The van der Waals surface area contributed by atoms with Gasteiger partial charge in [0.1, 0.15) is 0 Å². The van der Waals surface area contributed by atoms with Crippen LogP contribution in [0.2, 0.25) is 4.34 Å². The molecule has 0 saturated carbocycles. The summed E-state index contributed by atoms with van der Waals surface area (Å²) in [5.41, 5.74) is 1.26. The molecule has 1 aliphatic heterocycles. The molecular weight excluding hydrogens is 352 g/mol. The van der Waals surface area contributed by atoms with Crippen LogP contribution in [0.15, 0.2) is 35.2 Å². The summed E-state index contributed by atoms with van der Waals surface area (Å²) < 4.78 is 0.712. The monoisotopic (exact) mass is 366 g/mol. The average molecular weight is 367 g/mol. The van der Waals surface area contributed by atoms with Gasteiger partial charge in [0, 0.05) is 22.4 Å². The number of nitrogens with one attached hydrogen (secondary N) is 1. The fourth-order valence-corrected chi connectivity index (χ4v) is 4.38. The zero-order chi connectivity index (χ0) is 16.6. The molecule has 0 radical (unpaired) electrons. The maximum absolute atomic E-state index is 12.6. The zero-order valence-electron chi connectivity index (χ0n) is 12.6. The minimum Gasteiger partial charge on any atom is -0.337 e. The van der Waals surface area contributed by atoms with E-state index < -0.39 is 0 Å². The molecule has 2 aromatic rings. The second kappa shape index (κ2) is 6.55. The fourth-order valence-electron chi connectivity index (χ4n) is 2.30. The molecule has 1 atom stereocenters. The minimum absolute atomic E-state index is 0.0336. The molecule has 2 amide bonds. The van der Waals surface area contributed by atoms with E-state index in [0.29, 0.717) is 22.1 Å². The molecule has 3 rings (SSSR count). The summed E-state index contributed by atoms with van der Waals surface area (Å²) in [6.07, 6.45) is 0. The molecule has 1 aliphatic rings. The highest BCUT2D eigenvalue weighted by Crippen LogP contribution is 2.36. The number of fused-ring (bicyclic) bond motifs is 1. The molecule has 1 aromatic heterocycles. The van der Waals surface area contributed by atoms with Gasteiger partial charge in [0.05, 0.1) is 21.8 Å². The van der Waals surface area contributed by atoms with Crippen LogP contribution in [0.4, 0.5) is 5.69 Å². The van der Waals surface area contributed by atoms with Crippen molar-refractivity contribution in [3.8, 4) is 0 Å². The van der Waals surface area contributed by atoms with Gasteiger partial charge in [-0.05, 0) is 37.3 Å². The first-order valence-corrected chi connectivity index (χ1v) is 9.12. The van der Waals surface area contributed by atoms with Crippen molar-refractivity contribution in [3.63, 3.8) is 0 Å². The molecule has 1 aromatic carbocycles. The molecule has 23 heavy (non-hydrogen) atoms. The van der Waals surface area contributed by atoms with E-state index in [1.807, 2.05) is 25.1 Å². The summed E-state index contributed by atoms with van der Waals surface area (Å²) in [4.78, 5) is 28.0. The number of anilines is 1. The van der Waals surface area contributed by atoms with E-state index in [9.17, 15) is 9.59 Å². The Hall–Kier alpha value is -1.50. The van der Waals surface area contributed by atoms with Gasteiger partial charge in [-0.3, -0.25) is 9.59 Å². The van der Waals surface area contributed by atoms with Crippen molar-refractivity contribution in [2.75, 3.05) is 12.4 Å². The smallest absolute Gasteiger partial charge is 0.253 e. The van der Waals surface area contributed by atoms with Gasteiger partial charge in [-0.25, -0.2) is 0 Å². The first-order valence-electron chi connectivity index (χ1n) is 7.05. The first-order chi connectivity index (χ1) is 10.9. The van der Waals surface area contributed by atoms with Crippen molar-refractivity contribution in [2.45, 2.75) is 23.6 Å². The number of amides is 2. The number of thioether (sulfide) groups is 1. The van der Waals surface area contributed by atoms with Crippen LogP contribution in [0.5, 0.6) is 0 Å². The van der Waals surface area contributed by atoms with Gasteiger partial charge in [-0.2, -0.15) is 0 Å². The lowest BCUT2D eigenvalue weighted by molar-refractivity contribution is -0.115. The summed E-state index contributed by atoms with van der Waals surface area (Å²) in [7, 11) is 1.75. The van der Waals surface area contributed by atoms with Crippen LogP contribution in [-0.2, 0) is 11.3 Å². The van der Waals surface area contributed by atoms with Crippen LogP contribution >= 0.6 is 34.7 Å². The van der Waals surface area contributed by atoms with E-state index in [-0.39, 0.29) is 17.1 Å². The van der Waals surface area contributed by atoms with Crippen molar-refractivity contribution >= 4 is 52.2 Å². The second-order valence-electron chi connectivity index (χ2n) is 5.33. The molecule has 0 bridgehead atoms. The van der Waals surface area contributed by atoms with Crippen molar-refractivity contribution in [3.05, 3.63) is 45.1 Å². The molecule has 7 heteroatoms. The quantitative estimate of drug-likeness (QED) is 0.889. The number of halogens is 1. The molecule has 1 N–H and O–H groups in total. The van der Waals surface area contributed by atoms with Crippen molar-refractivity contribution in [1.29, 1.82) is 0 Å². The van der Waals surface area contributed by atoms with Gasteiger partial charge < -0.3 is 10.2 Å². The Morgan fingerprint density at radius 2 is 2.13 bits per heavy atom. The molecule has 0 fully saturated rings. The van der Waals surface area contributed by atoms with E-state index in [2.05, 4.69) is 5.32 Å². The Balaban J connectivity index is 1.77. The summed E-state index contributed by atoms with van der Waals surface area (Å²) in [5, 5.41) is 2.74. The number of benzene rings is 1. The van der Waals surface area contributed by atoms with Gasteiger partial charge in [-0.15, -0.1) is 23.1 Å². The summed E-state index contributed by atoms with van der Waals surface area (Å²) >= 11 is 8.89. The maximum atomic E-state index is 12.6. The summed E-state index contributed by atoms with van der Waals surface area (Å²) in [6.45, 7) is 2.37. The number of hydrogen-bond acceptors (Lipinski definition) is 4. The van der Waals surface area contributed by atoms with Gasteiger partial charge in [0.15, 0.2) is 0 Å². The fraction of sp³-hybridized carbons (Fsp3) is 0.250. The van der Waals surface area contributed by atoms with Crippen molar-refractivity contribution in [1.82, 2.24) is 4.90 Å². The molecule has 120 valence electrons. The molecule has 0 saturated heterocycles. The van der Waals surface area contributed by atoms with Gasteiger partial charge in [0.2, 0.25) is 5.91 Å². The first kappa shape index (κ1) is 16.4. The van der Waals surface area contributed by atoms with Crippen LogP contribution < -0.4 is 5.32 Å². The Morgan fingerprint density at radius 3 is 2.83 bits per heavy atom. The normalized spacial score (nSPS) is 16.7. The van der Waals surface area contributed by atoms with E-state index in [4.69, 9.17) is 11.6 Å². The third-order valence-corrected chi connectivity index (χ3v) is 5.92. The lowest BCUT2D eigenvalue weighted by atomic mass is 10.1. The highest BCUT2D eigenvalue weighted by atomic mass is 35.5. The van der Waals surface area contributed by atoms with Crippen LogP contribution in [0.3, 0.4) is 0 Å². The number of thiophene rings is 1. The zero-order valence-corrected chi connectivity index (χ0v) is 15.0. The molecule has 0 unspecified atom stereocenters. The topological polar surface area (TPSA) is 49.4 Å². The van der Waals surface area contributed by atoms with Crippen LogP contribution in [0.25, 0.3) is 0 Å². The SMILES string of the molecule is C[C@H]1Sc2ccc(C(=O)N(C)Cc3ccc(Cl)s3)cc2NC1=O. The van der Waals surface area contributed by atoms with Gasteiger partial charge >= 0.3 is 0 Å². The Kier molecular flexibility index (Phi) is 4.66. The minimum atomic E-state index is -0.115. The van der Waals surface area contributed by atoms with Crippen LogP contribution in [0.1, 0.15) is 22.2 Å². The number of carbonyl (C=O) groups is 2. The maximum Gasteiger partial charge on any atom is 0.253 e. The number of rotatable bonds is 3. The Bertz CT molecular complexity index is 775. The van der Waals surface area contributed by atoms with Crippen LogP contribution in [0, 0.1) is 0 Å². The predicted molar refractivity (Wildman–Crippen MR) is 95.5 cm³/mol. The second-order valence-corrected chi connectivity index (χ2v) is 8.51. The number of carbonyl (C=O) groups excluding carboxylic acids is 2. The largest absolute Gasteiger partial charge is 0.337 e. The van der Waals surface area contributed by atoms with Crippen LogP contribution in [-0.4, -0.2) is 29.0 Å². The van der Waals surface area contributed by atoms with Crippen molar-refractivity contribution < 1.29 is 9.59 Å². The number of hydrogen-bond donors (Lipinski definition) is 1. The van der Waals surface area contributed by atoms with Crippen molar-refractivity contribution in [2.24, 2.45) is 0 Å². The van der Waals surface area contributed by atoms with E-state index >= 15 is 0 Å². The molecule has 0 aliphatic carbocycles. The third kappa shape index (κ3) is 3.54. The molecule has 4 nitrogen and oxygen atoms in total. The summed E-state index contributed by atoms with van der Waals surface area (Å²) in [6, 6.07) is 9.18. The third-order valence-electron chi connectivity index (χ3n) is 3.53. The highest BCUT2D eigenvalue weighted by Gasteiger charge is 2.24. The number of nitrogens with zero attached hydrogens (tertiary/aromatic N) is 1. The lowest BCUT2D eigenvalue weighted by Crippen LogP contribution is -2.28. The van der Waals surface area contributed by atoms with E-state index in [1.165, 1.54) is 23.1 Å². The Labute approximate surface area is 147 Å². The molecule has 0 spiro atoms. The van der Waals surface area contributed by atoms with Gasteiger partial charge in [-0.1, -0.05) is 11.6 Å². The van der Waals surface area contributed by atoms with E-state index in [1.54, 1.807) is 24.1 Å². The predicted octanol–water partition coefficient (Wildman–Crippen LogP) is 4.11. The Morgan fingerprint density at radius 1 is 1.35 bits per heavy atom.